The molecule has 1 aromatic carbocycles. The lowest BCUT2D eigenvalue weighted by Crippen LogP contribution is -2.46. The van der Waals surface area contributed by atoms with Crippen molar-refractivity contribution in [3.63, 3.8) is 0 Å². The van der Waals surface area contributed by atoms with Crippen LogP contribution in [0.5, 0.6) is 0 Å². The van der Waals surface area contributed by atoms with E-state index in [9.17, 15) is 0 Å². The lowest BCUT2D eigenvalue weighted by atomic mass is 9.89. The summed E-state index contributed by atoms with van der Waals surface area (Å²) in [5.41, 5.74) is 5.53. The van der Waals surface area contributed by atoms with Crippen LogP contribution in [0.4, 0.5) is 0 Å². The molecule has 2 aromatic rings. The van der Waals surface area contributed by atoms with Crippen LogP contribution in [0.1, 0.15) is 81.5 Å². The van der Waals surface area contributed by atoms with Gasteiger partial charge in [-0.3, -0.25) is 4.57 Å². The maximum absolute atomic E-state index is 15.1. The van der Waals surface area contributed by atoms with Crippen molar-refractivity contribution in [2.24, 2.45) is 0 Å². The molecule has 2 fully saturated rings. The molecule has 0 N–H and O–H groups in total. The molecule has 2 saturated heterocycles. The summed E-state index contributed by atoms with van der Waals surface area (Å²) in [5.74, 6) is 6.22. The van der Waals surface area contributed by atoms with Crippen LogP contribution in [0.15, 0.2) is 23.7 Å². The van der Waals surface area contributed by atoms with Crippen molar-refractivity contribution in [2.75, 3.05) is 52.6 Å². The van der Waals surface area contributed by atoms with E-state index in [1.54, 1.807) is 0 Å². The average Bonchev–Trinajstić information content (AvgIpc) is 3.25. The molecule has 1 aromatic heterocycles. The van der Waals surface area contributed by atoms with Crippen LogP contribution in [0.25, 0.3) is 5.30 Å². The van der Waals surface area contributed by atoms with Crippen LogP contribution in [0, 0.1) is 6.92 Å². The molecule has 194 valence electrons. The second-order valence-corrected chi connectivity index (χ2v) is 15.4. The molecule has 1 unspecified atom stereocenters. The maximum Gasteiger partial charge on any atom is 0.246 e. The Morgan fingerprint density at radius 1 is 0.771 bits per heavy atom. The molecule has 1 atom stereocenters. The zero-order valence-electron chi connectivity index (χ0n) is 22.7. The number of morpholine rings is 2. The normalized spacial score (nSPS) is 19.3. The molecule has 0 bridgehead atoms. The van der Waals surface area contributed by atoms with Gasteiger partial charge in [-0.25, -0.2) is 9.34 Å². The molecule has 0 saturated carbocycles. The first-order chi connectivity index (χ1) is 16.6. The lowest BCUT2D eigenvalue weighted by Gasteiger charge is -2.42. The van der Waals surface area contributed by atoms with Crippen molar-refractivity contribution in [1.29, 1.82) is 0 Å². The Morgan fingerprint density at radius 3 is 1.63 bits per heavy atom. The van der Waals surface area contributed by atoms with Gasteiger partial charge in [0.05, 0.1) is 26.4 Å². The first-order valence-corrected chi connectivity index (χ1v) is 16.4. The number of ether oxygens (including phenoxy) is 2. The first-order valence-electron chi connectivity index (χ1n) is 13.3. The predicted molar refractivity (Wildman–Crippen MR) is 150 cm³/mol. The van der Waals surface area contributed by atoms with Gasteiger partial charge in [0.1, 0.15) is 0 Å². The highest BCUT2D eigenvalue weighted by atomic mass is 31.2. The minimum absolute atomic E-state index is 0.445. The molecular weight excluding hydrogens is 474 g/mol. The second kappa shape index (κ2) is 11.2. The summed E-state index contributed by atoms with van der Waals surface area (Å²) in [5, 5.41) is 2.55. The Hall–Kier alpha value is -0.930. The molecule has 0 radical (unpaired) electrons. The summed E-state index contributed by atoms with van der Waals surface area (Å²) < 4.78 is 30.9. The Kier molecular flexibility index (Phi) is 8.69. The molecular formula is C28H44N2O3P2. The molecule has 35 heavy (non-hydrogen) atoms. The quantitative estimate of drug-likeness (QED) is 0.376. The van der Waals surface area contributed by atoms with Gasteiger partial charge < -0.3 is 9.47 Å². The van der Waals surface area contributed by atoms with E-state index in [2.05, 4.69) is 81.5 Å². The van der Waals surface area contributed by atoms with Gasteiger partial charge in [-0.15, -0.1) is 0 Å². The fourth-order valence-electron chi connectivity index (χ4n) is 5.33. The van der Waals surface area contributed by atoms with E-state index < -0.39 is 15.0 Å². The van der Waals surface area contributed by atoms with E-state index in [1.165, 1.54) is 27.6 Å². The van der Waals surface area contributed by atoms with E-state index in [-0.39, 0.29) is 0 Å². The summed E-state index contributed by atoms with van der Waals surface area (Å²) in [6, 6.07) is 4.88. The van der Waals surface area contributed by atoms with Crippen LogP contribution < -0.4 is 5.30 Å². The Morgan fingerprint density at radius 2 is 1.23 bits per heavy atom. The number of benzene rings is 1. The smallest absolute Gasteiger partial charge is 0.246 e. The number of aryl methyl sites for hydroxylation is 1. The number of hydrogen-bond acceptors (Lipinski definition) is 3. The fraction of sp³-hybridized carbons (Fsp3) is 0.643. The summed E-state index contributed by atoms with van der Waals surface area (Å²) >= 11 is 0. The van der Waals surface area contributed by atoms with E-state index >= 15 is 4.57 Å². The lowest BCUT2D eigenvalue weighted by molar-refractivity contribution is 0.0538. The molecule has 0 aliphatic carbocycles. The molecule has 0 amide bonds. The largest absolute Gasteiger partial charge is 0.379 e. The third kappa shape index (κ3) is 5.37. The molecule has 3 heterocycles. The zero-order chi connectivity index (χ0) is 25.3. The number of hydrogen-bond donors (Lipinski definition) is 0. The molecule has 7 heteroatoms. The number of rotatable bonds is 7. The molecule has 2 aliphatic rings. The molecule has 0 spiro atoms. The average molecular weight is 519 g/mol. The first kappa shape index (κ1) is 27.1. The van der Waals surface area contributed by atoms with E-state index in [1.807, 2.05) is 0 Å². The molecule has 5 nitrogen and oxygen atoms in total. The highest BCUT2D eigenvalue weighted by Crippen LogP contribution is 2.58. The third-order valence-electron chi connectivity index (χ3n) is 7.41. The second-order valence-electron chi connectivity index (χ2n) is 10.9. The van der Waals surface area contributed by atoms with Crippen LogP contribution in [0.3, 0.4) is 0 Å². The Labute approximate surface area is 213 Å². The van der Waals surface area contributed by atoms with Gasteiger partial charge in [-0.1, -0.05) is 61.2 Å². The summed E-state index contributed by atoms with van der Waals surface area (Å²) in [7, 11) is -3.59. The zero-order valence-corrected chi connectivity index (χ0v) is 24.5. The Bertz CT molecular complexity index is 1010. The SMILES string of the molecule is Cc1cp(-c2c(C(C)C)cc(C(C)C)cc2C(C)C)cc1P(=O)(N1CCOCC1)N1CCOCC1. The highest BCUT2D eigenvalue weighted by molar-refractivity contribution is 7.69. The van der Waals surface area contributed by atoms with E-state index in [4.69, 9.17) is 9.47 Å². The van der Waals surface area contributed by atoms with Crippen molar-refractivity contribution in [3.05, 3.63) is 46.0 Å². The highest BCUT2D eigenvalue weighted by Gasteiger charge is 2.42. The topological polar surface area (TPSA) is 42.0 Å². The fourth-order valence-corrected chi connectivity index (χ4v) is 11.9. The van der Waals surface area contributed by atoms with Gasteiger partial charge in [0, 0.05) is 36.8 Å². The van der Waals surface area contributed by atoms with Crippen LogP contribution >= 0.6 is 15.0 Å². The summed E-state index contributed by atoms with van der Waals surface area (Å²) in [4.78, 5) is 0. The van der Waals surface area contributed by atoms with Crippen molar-refractivity contribution < 1.29 is 14.0 Å². The summed E-state index contributed by atoms with van der Waals surface area (Å²) in [6.07, 6.45) is 0. The van der Waals surface area contributed by atoms with Gasteiger partial charge >= 0.3 is 0 Å². The Balaban J connectivity index is 1.89. The minimum Gasteiger partial charge on any atom is -0.379 e. The number of nitrogens with zero attached hydrogens (tertiary/aromatic N) is 2. The van der Waals surface area contributed by atoms with Crippen molar-refractivity contribution in [3.8, 4) is 5.30 Å². The van der Waals surface area contributed by atoms with E-state index in [0.717, 1.165) is 31.5 Å². The van der Waals surface area contributed by atoms with Gasteiger partial charge in [0.15, 0.2) is 0 Å². The van der Waals surface area contributed by atoms with Crippen LogP contribution in [-0.2, 0) is 14.0 Å². The van der Waals surface area contributed by atoms with Gasteiger partial charge in [-0.2, -0.15) is 0 Å². The van der Waals surface area contributed by atoms with Crippen LogP contribution in [-0.4, -0.2) is 61.9 Å². The molecule has 4 rings (SSSR count). The monoisotopic (exact) mass is 518 g/mol. The standard InChI is InChI=1S/C28H44N2O3P2/c1-20(2)24-16-25(21(3)4)28(26(17-24)22(5)6)34-18-23(7)27(19-34)35(31,29-8-12-32-13-9-29)30-10-14-33-15-11-30/h16-22H,8-15H2,1-7H3. The van der Waals surface area contributed by atoms with Crippen LogP contribution in [0.2, 0.25) is 0 Å². The van der Waals surface area contributed by atoms with Crippen molar-refractivity contribution in [2.45, 2.75) is 66.2 Å². The minimum atomic E-state index is -2.92. The maximum atomic E-state index is 15.1. The molecule has 2 aliphatic heterocycles. The van der Waals surface area contributed by atoms with Gasteiger partial charge in [0.25, 0.3) is 0 Å². The summed E-state index contributed by atoms with van der Waals surface area (Å²) in [6.45, 7) is 21.4. The third-order valence-corrected chi connectivity index (χ3v) is 13.3. The van der Waals surface area contributed by atoms with Crippen molar-refractivity contribution >= 4 is 20.3 Å². The predicted octanol–water partition coefficient (Wildman–Crippen LogP) is 6.82. The van der Waals surface area contributed by atoms with Crippen molar-refractivity contribution in [1.82, 2.24) is 9.34 Å². The van der Waals surface area contributed by atoms with E-state index in [0.29, 0.717) is 44.2 Å². The van der Waals surface area contributed by atoms with Gasteiger partial charge in [-0.05, 0) is 58.5 Å². The van der Waals surface area contributed by atoms with Gasteiger partial charge in [0.2, 0.25) is 7.44 Å².